The molecule has 1 saturated carbocycles. The molecule has 0 bridgehead atoms. The summed E-state index contributed by atoms with van der Waals surface area (Å²) in [6.07, 6.45) is 7.74. The molecule has 4 heteroatoms. The van der Waals surface area contributed by atoms with Gasteiger partial charge in [-0.25, -0.2) is 9.97 Å². The number of hydrogen-bond acceptors (Lipinski definition) is 3. The highest BCUT2D eigenvalue weighted by Crippen LogP contribution is 2.39. The van der Waals surface area contributed by atoms with Crippen LogP contribution in [-0.4, -0.2) is 16.6 Å². The predicted octanol–water partition coefficient (Wildman–Crippen LogP) is 3.88. The van der Waals surface area contributed by atoms with Crippen LogP contribution >= 0.6 is 15.9 Å². The fourth-order valence-corrected chi connectivity index (χ4v) is 3.23. The van der Waals surface area contributed by atoms with Crippen LogP contribution in [0.2, 0.25) is 0 Å². The molecule has 1 aromatic rings. The minimum absolute atomic E-state index is 0.238. The van der Waals surface area contributed by atoms with E-state index in [1.54, 1.807) is 0 Å². The number of aryl methyl sites for hydroxylation is 1. The monoisotopic (exact) mass is 312 g/mol. The SMILES string of the molecule is CCOC1(c2ncc(C)c(CBr)n2)CCCCC1. The second kappa shape index (κ2) is 6.11. The van der Waals surface area contributed by atoms with Crippen molar-refractivity contribution in [1.29, 1.82) is 0 Å². The van der Waals surface area contributed by atoms with Crippen molar-refractivity contribution >= 4 is 15.9 Å². The summed E-state index contributed by atoms with van der Waals surface area (Å²) in [4.78, 5) is 9.27. The summed E-state index contributed by atoms with van der Waals surface area (Å²) in [5.41, 5.74) is 1.97. The Morgan fingerprint density at radius 3 is 2.67 bits per heavy atom. The smallest absolute Gasteiger partial charge is 0.160 e. The van der Waals surface area contributed by atoms with Crippen molar-refractivity contribution in [3.05, 3.63) is 23.3 Å². The zero-order valence-corrected chi connectivity index (χ0v) is 12.8. The summed E-state index contributed by atoms with van der Waals surface area (Å²) in [5.74, 6) is 0.879. The Labute approximate surface area is 117 Å². The van der Waals surface area contributed by atoms with Crippen LogP contribution < -0.4 is 0 Å². The highest BCUT2D eigenvalue weighted by molar-refractivity contribution is 9.08. The molecule has 0 unspecified atom stereocenters. The average molecular weight is 313 g/mol. The van der Waals surface area contributed by atoms with E-state index in [-0.39, 0.29) is 5.60 Å². The molecule has 1 aromatic heterocycles. The number of hydrogen-bond donors (Lipinski definition) is 0. The topological polar surface area (TPSA) is 35.0 Å². The fourth-order valence-electron chi connectivity index (χ4n) is 2.66. The van der Waals surface area contributed by atoms with Gasteiger partial charge in [0.25, 0.3) is 0 Å². The number of aromatic nitrogens is 2. The molecule has 0 spiro atoms. The van der Waals surface area contributed by atoms with Gasteiger partial charge in [-0.05, 0) is 32.3 Å². The van der Waals surface area contributed by atoms with Gasteiger partial charge in [0.15, 0.2) is 5.82 Å². The Morgan fingerprint density at radius 2 is 2.06 bits per heavy atom. The lowest BCUT2D eigenvalue weighted by Gasteiger charge is -2.35. The Hall–Kier alpha value is -0.480. The summed E-state index contributed by atoms with van der Waals surface area (Å²) >= 11 is 3.49. The van der Waals surface area contributed by atoms with Crippen molar-refractivity contribution in [3.8, 4) is 0 Å². The molecular weight excluding hydrogens is 292 g/mol. The maximum absolute atomic E-state index is 6.06. The van der Waals surface area contributed by atoms with Gasteiger partial charge in [0, 0.05) is 18.1 Å². The predicted molar refractivity (Wildman–Crippen MR) is 75.8 cm³/mol. The number of rotatable bonds is 4. The van der Waals surface area contributed by atoms with Crippen LogP contribution in [-0.2, 0) is 15.7 Å². The first-order valence-corrected chi connectivity index (χ1v) is 7.87. The van der Waals surface area contributed by atoms with Gasteiger partial charge in [0.2, 0.25) is 0 Å². The Kier molecular flexibility index (Phi) is 4.73. The van der Waals surface area contributed by atoms with Gasteiger partial charge < -0.3 is 4.74 Å². The Balaban J connectivity index is 2.35. The van der Waals surface area contributed by atoms with Gasteiger partial charge in [-0.2, -0.15) is 0 Å². The van der Waals surface area contributed by atoms with Crippen molar-refractivity contribution in [2.45, 2.75) is 56.9 Å². The van der Waals surface area contributed by atoms with Crippen LogP contribution in [0, 0.1) is 6.92 Å². The van der Waals surface area contributed by atoms with Crippen molar-refractivity contribution in [1.82, 2.24) is 9.97 Å². The van der Waals surface area contributed by atoms with Crippen LogP contribution in [0.5, 0.6) is 0 Å². The zero-order valence-electron chi connectivity index (χ0n) is 11.2. The van der Waals surface area contributed by atoms with Crippen molar-refractivity contribution in [3.63, 3.8) is 0 Å². The summed E-state index contributed by atoms with van der Waals surface area (Å²) in [6, 6.07) is 0. The van der Waals surface area contributed by atoms with E-state index in [4.69, 9.17) is 9.72 Å². The van der Waals surface area contributed by atoms with Crippen LogP contribution in [0.25, 0.3) is 0 Å². The zero-order chi connectivity index (χ0) is 13.0. The molecule has 0 aromatic carbocycles. The molecule has 1 aliphatic rings. The van der Waals surface area contributed by atoms with Crippen molar-refractivity contribution in [2.24, 2.45) is 0 Å². The van der Waals surface area contributed by atoms with E-state index in [0.717, 1.165) is 41.9 Å². The van der Waals surface area contributed by atoms with E-state index in [1.807, 2.05) is 6.20 Å². The number of halogens is 1. The highest BCUT2D eigenvalue weighted by atomic mass is 79.9. The normalized spacial score (nSPS) is 18.8. The molecule has 100 valence electrons. The first kappa shape index (κ1) is 13.9. The third kappa shape index (κ3) is 2.75. The molecule has 3 nitrogen and oxygen atoms in total. The van der Waals surface area contributed by atoms with E-state index >= 15 is 0 Å². The summed E-state index contributed by atoms with van der Waals surface area (Å²) in [5, 5.41) is 0.774. The van der Waals surface area contributed by atoms with Gasteiger partial charge in [-0.1, -0.05) is 35.2 Å². The first-order chi connectivity index (χ1) is 8.72. The first-order valence-electron chi connectivity index (χ1n) is 6.75. The maximum atomic E-state index is 6.06. The van der Waals surface area contributed by atoms with E-state index in [1.165, 1.54) is 19.3 Å². The quantitative estimate of drug-likeness (QED) is 0.791. The highest BCUT2D eigenvalue weighted by Gasteiger charge is 2.37. The van der Waals surface area contributed by atoms with Gasteiger partial charge in [-0.3, -0.25) is 0 Å². The number of alkyl halides is 1. The van der Waals surface area contributed by atoms with Gasteiger partial charge in [0.1, 0.15) is 5.60 Å². The minimum Gasteiger partial charge on any atom is -0.367 e. The van der Waals surface area contributed by atoms with Crippen molar-refractivity contribution < 1.29 is 4.74 Å². The lowest BCUT2D eigenvalue weighted by Crippen LogP contribution is -2.34. The lowest BCUT2D eigenvalue weighted by atomic mass is 9.83. The van der Waals surface area contributed by atoms with Crippen LogP contribution in [0.4, 0.5) is 0 Å². The van der Waals surface area contributed by atoms with Crippen LogP contribution in [0.1, 0.15) is 56.1 Å². The van der Waals surface area contributed by atoms with Crippen LogP contribution in [0.3, 0.4) is 0 Å². The maximum Gasteiger partial charge on any atom is 0.160 e. The molecule has 2 rings (SSSR count). The molecule has 0 saturated heterocycles. The summed E-state index contributed by atoms with van der Waals surface area (Å²) < 4.78 is 6.06. The van der Waals surface area contributed by atoms with E-state index in [0.29, 0.717) is 0 Å². The Morgan fingerprint density at radius 1 is 1.33 bits per heavy atom. The minimum atomic E-state index is -0.238. The summed E-state index contributed by atoms with van der Waals surface area (Å²) in [7, 11) is 0. The largest absolute Gasteiger partial charge is 0.367 e. The molecule has 0 atom stereocenters. The molecule has 1 fully saturated rings. The van der Waals surface area contributed by atoms with Gasteiger partial charge in [0.05, 0.1) is 5.69 Å². The molecule has 0 amide bonds. The standard InChI is InChI=1S/C14H21BrN2O/c1-3-18-14(7-5-4-6-8-14)13-16-10-11(2)12(9-15)17-13/h10H,3-9H2,1-2H3. The second-order valence-electron chi connectivity index (χ2n) is 4.94. The van der Waals surface area contributed by atoms with E-state index in [2.05, 4.69) is 34.8 Å². The van der Waals surface area contributed by atoms with Crippen LogP contribution in [0.15, 0.2) is 6.20 Å². The number of nitrogens with zero attached hydrogens (tertiary/aromatic N) is 2. The third-order valence-electron chi connectivity index (χ3n) is 3.69. The molecule has 0 aliphatic heterocycles. The van der Waals surface area contributed by atoms with E-state index in [9.17, 15) is 0 Å². The van der Waals surface area contributed by atoms with E-state index < -0.39 is 0 Å². The molecular formula is C14H21BrN2O. The Bertz CT molecular complexity index is 397. The average Bonchev–Trinajstić information content (AvgIpc) is 2.40. The van der Waals surface area contributed by atoms with Crippen molar-refractivity contribution in [2.75, 3.05) is 6.61 Å². The molecule has 0 radical (unpaired) electrons. The van der Waals surface area contributed by atoms with Gasteiger partial charge >= 0.3 is 0 Å². The lowest BCUT2D eigenvalue weighted by molar-refractivity contribution is -0.0768. The third-order valence-corrected chi connectivity index (χ3v) is 4.22. The molecule has 1 heterocycles. The molecule has 1 aliphatic carbocycles. The van der Waals surface area contributed by atoms with Gasteiger partial charge in [-0.15, -0.1) is 0 Å². The number of ether oxygens (including phenoxy) is 1. The fraction of sp³-hybridized carbons (Fsp3) is 0.714. The molecule has 18 heavy (non-hydrogen) atoms. The molecule has 0 N–H and O–H groups in total. The second-order valence-corrected chi connectivity index (χ2v) is 5.51. The summed E-state index contributed by atoms with van der Waals surface area (Å²) in [6.45, 7) is 4.82.